The smallest absolute Gasteiger partial charge is 0.331 e. The molecule has 0 saturated heterocycles. The molecule has 110 valence electrons. The first-order valence-electron chi connectivity index (χ1n) is 6.15. The van der Waals surface area contributed by atoms with Gasteiger partial charge in [0, 0.05) is 49.7 Å². The summed E-state index contributed by atoms with van der Waals surface area (Å²) in [6.45, 7) is -0.0375. The zero-order valence-corrected chi connectivity index (χ0v) is 11.6. The SMILES string of the molecule is CNc1ccc([N+](=O)[O-])cc1Cn1c(=O)ccn(C)c1=O. The van der Waals surface area contributed by atoms with Gasteiger partial charge in [0.1, 0.15) is 0 Å². The third kappa shape index (κ3) is 2.83. The molecular formula is C13H14N4O4. The Morgan fingerprint density at radius 1 is 1.29 bits per heavy atom. The number of anilines is 1. The summed E-state index contributed by atoms with van der Waals surface area (Å²) < 4.78 is 2.30. The molecule has 0 atom stereocenters. The molecule has 8 heteroatoms. The molecule has 0 bridgehead atoms. The number of aryl methyl sites for hydroxylation is 1. The van der Waals surface area contributed by atoms with Crippen LogP contribution in [0.1, 0.15) is 5.56 Å². The average molecular weight is 290 g/mol. The number of nitro benzene ring substituents is 1. The van der Waals surface area contributed by atoms with Crippen molar-refractivity contribution in [1.82, 2.24) is 9.13 Å². The number of aromatic nitrogens is 2. The largest absolute Gasteiger partial charge is 0.388 e. The first kappa shape index (κ1) is 14.5. The van der Waals surface area contributed by atoms with Crippen molar-refractivity contribution in [1.29, 1.82) is 0 Å². The Kier molecular flexibility index (Phi) is 3.88. The molecule has 1 heterocycles. The summed E-state index contributed by atoms with van der Waals surface area (Å²) in [4.78, 5) is 34.1. The van der Waals surface area contributed by atoms with Crippen LogP contribution in [0.3, 0.4) is 0 Å². The van der Waals surface area contributed by atoms with Crippen molar-refractivity contribution < 1.29 is 4.92 Å². The Morgan fingerprint density at radius 3 is 2.62 bits per heavy atom. The van der Waals surface area contributed by atoms with Crippen LogP contribution in [0.5, 0.6) is 0 Å². The Labute approximate surface area is 119 Å². The number of non-ortho nitro benzene ring substituents is 1. The maximum absolute atomic E-state index is 12.0. The summed E-state index contributed by atoms with van der Waals surface area (Å²) in [6.07, 6.45) is 1.38. The first-order chi connectivity index (χ1) is 9.93. The van der Waals surface area contributed by atoms with E-state index >= 15 is 0 Å². The molecule has 0 spiro atoms. The minimum absolute atomic E-state index is 0.0375. The fraction of sp³-hybridized carbons (Fsp3) is 0.231. The third-order valence-corrected chi connectivity index (χ3v) is 3.14. The van der Waals surface area contributed by atoms with Gasteiger partial charge in [-0.3, -0.25) is 19.5 Å². The zero-order valence-electron chi connectivity index (χ0n) is 11.6. The van der Waals surface area contributed by atoms with Gasteiger partial charge < -0.3 is 9.88 Å². The molecule has 21 heavy (non-hydrogen) atoms. The van der Waals surface area contributed by atoms with E-state index in [1.54, 1.807) is 13.1 Å². The molecule has 0 fully saturated rings. The van der Waals surface area contributed by atoms with Crippen LogP contribution < -0.4 is 16.6 Å². The minimum atomic E-state index is -0.519. The lowest BCUT2D eigenvalue weighted by Crippen LogP contribution is -2.38. The fourth-order valence-corrected chi connectivity index (χ4v) is 2.00. The lowest BCUT2D eigenvalue weighted by molar-refractivity contribution is -0.384. The van der Waals surface area contributed by atoms with Crippen LogP contribution in [-0.2, 0) is 13.6 Å². The molecule has 2 rings (SSSR count). The van der Waals surface area contributed by atoms with Crippen LogP contribution in [0.2, 0.25) is 0 Å². The lowest BCUT2D eigenvalue weighted by atomic mass is 10.1. The van der Waals surface area contributed by atoms with E-state index in [1.807, 2.05) is 0 Å². The Balaban J connectivity index is 2.56. The first-order valence-corrected chi connectivity index (χ1v) is 6.15. The molecule has 0 amide bonds. The molecule has 0 aliphatic heterocycles. The summed E-state index contributed by atoms with van der Waals surface area (Å²) >= 11 is 0. The second-order valence-electron chi connectivity index (χ2n) is 4.48. The van der Waals surface area contributed by atoms with E-state index in [-0.39, 0.29) is 12.2 Å². The average Bonchev–Trinajstić information content (AvgIpc) is 2.47. The minimum Gasteiger partial charge on any atom is -0.388 e. The maximum atomic E-state index is 12.0. The van der Waals surface area contributed by atoms with Crippen LogP contribution >= 0.6 is 0 Å². The van der Waals surface area contributed by atoms with Gasteiger partial charge in [-0.1, -0.05) is 0 Å². The van der Waals surface area contributed by atoms with Gasteiger partial charge in [0.05, 0.1) is 11.5 Å². The van der Waals surface area contributed by atoms with E-state index in [9.17, 15) is 19.7 Å². The molecule has 1 aromatic carbocycles. The van der Waals surface area contributed by atoms with E-state index in [0.29, 0.717) is 11.3 Å². The number of nitrogens with one attached hydrogen (secondary N) is 1. The van der Waals surface area contributed by atoms with Gasteiger partial charge in [0.15, 0.2) is 0 Å². The van der Waals surface area contributed by atoms with E-state index in [0.717, 1.165) is 4.57 Å². The highest BCUT2D eigenvalue weighted by Gasteiger charge is 2.12. The number of rotatable bonds is 4. The second kappa shape index (κ2) is 5.61. The van der Waals surface area contributed by atoms with Crippen LogP contribution in [0.25, 0.3) is 0 Å². The highest BCUT2D eigenvalue weighted by Crippen LogP contribution is 2.22. The molecule has 0 saturated carbocycles. The maximum Gasteiger partial charge on any atom is 0.331 e. The third-order valence-electron chi connectivity index (χ3n) is 3.14. The predicted octanol–water partition coefficient (Wildman–Crippen LogP) is 0.545. The Hall–Kier alpha value is -2.90. The zero-order chi connectivity index (χ0) is 15.6. The van der Waals surface area contributed by atoms with Crippen LogP contribution in [0, 0.1) is 10.1 Å². The summed E-state index contributed by atoms with van der Waals surface area (Å²) in [5, 5.41) is 13.7. The number of nitrogens with zero attached hydrogens (tertiary/aromatic N) is 3. The van der Waals surface area contributed by atoms with Gasteiger partial charge in [0.2, 0.25) is 0 Å². The van der Waals surface area contributed by atoms with Gasteiger partial charge in [-0.2, -0.15) is 0 Å². The van der Waals surface area contributed by atoms with Crippen molar-refractivity contribution in [2.24, 2.45) is 7.05 Å². The van der Waals surface area contributed by atoms with Crippen molar-refractivity contribution >= 4 is 11.4 Å². The van der Waals surface area contributed by atoms with Crippen molar-refractivity contribution in [3.05, 3.63) is 67.0 Å². The van der Waals surface area contributed by atoms with Gasteiger partial charge in [-0.05, 0) is 6.07 Å². The van der Waals surface area contributed by atoms with Crippen LogP contribution in [-0.4, -0.2) is 21.1 Å². The monoisotopic (exact) mass is 290 g/mol. The van der Waals surface area contributed by atoms with E-state index in [4.69, 9.17) is 0 Å². The summed E-state index contributed by atoms with van der Waals surface area (Å²) in [5.74, 6) is 0. The van der Waals surface area contributed by atoms with Crippen LogP contribution in [0.4, 0.5) is 11.4 Å². The number of nitro groups is 1. The van der Waals surface area contributed by atoms with E-state index < -0.39 is 16.2 Å². The molecule has 0 unspecified atom stereocenters. The quantitative estimate of drug-likeness (QED) is 0.654. The highest BCUT2D eigenvalue weighted by atomic mass is 16.6. The van der Waals surface area contributed by atoms with Gasteiger partial charge in [0.25, 0.3) is 11.2 Å². The topological polar surface area (TPSA) is 99.2 Å². The Morgan fingerprint density at radius 2 is 2.00 bits per heavy atom. The van der Waals surface area contributed by atoms with Crippen molar-refractivity contribution in [3.63, 3.8) is 0 Å². The van der Waals surface area contributed by atoms with Crippen molar-refractivity contribution in [2.75, 3.05) is 12.4 Å². The van der Waals surface area contributed by atoms with Crippen molar-refractivity contribution in [3.8, 4) is 0 Å². The molecule has 1 N–H and O–H groups in total. The van der Waals surface area contributed by atoms with Gasteiger partial charge in [-0.25, -0.2) is 4.79 Å². The Bertz CT molecular complexity index is 807. The van der Waals surface area contributed by atoms with Gasteiger partial charge in [-0.15, -0.1) is 0 Å². The normalized spacial score (nSPS) is 10.4. The van der Waals surface area contributed by atoms with E-state index in [1.165, 1.54) is 36.0 Å². The van der Waals surface area contributed by atoms with Gasteiger partial charge >= 0.3 is 5.69 Å². The summed E-state index contributed by atoms with van der Waals surface area (Å²) in [5.41, 5.74) is 0.100. The molecular weight excluding hydrogens is 276 g/mol. The van der Waals surface area contributed by atoms with Crippen molar-refractivity contribution in [2.45, 2.75) is 6.54 Å². The molecule has 0 aliphatic rings. The summed E-state index contributed by atoms with van der Waals surface area (Å²) in [7, 11) is 3.20. The summed E-state index contributed by atoms with van der Waals surface area (Å²) in [6, 6.07) is 5.54. The van der Waals surface area contributed by atoms with E-state index in [2.05, 4.69) is 5.32 Å². The number of benzene rings is 1. The lowest BCUT2D eigenvalue weighted by Gasteiger charge is -2.11. The molecule has 2 aromatic rings. The number of hydrogen-bond acceptors (Lipinski definition) is 5. The van der Waals surface area contributed by atoms with Crippen LogP contribution in [0.15, 0.2) is 40.1 Å². The molecule has 1 aromatic heterocycles. The fourth-order valence-electron chi connectivity index (χ4n) is 2.00. The molecule has 0 aliphatic carbocycles. The molecule has 8 nitrogen and oxygen atoms in total. The predicted molar refractivity (Wildman–Crippen MR) is 77.7 cm³/mol. The standard InChI is InChI=1S/C13H14N4O4/c1-14-11-4-3-10(17(20)21)7-9(11)8-16-12(18)5-6-15(2)13(16)19/h3-7,14H,8H2,1-2H3. The highest BCUT2D eigenvalue weighted by molar-refractivity contribution is 5.55. The second-order valence-corrected chi connectivity index (χ2v) is 4.48. The molecule has 0 radical (unpaired) electrons. The number of hydrogen-bond donors (Lipinski definition) is 1.